The lowest BCUT2D eigenvalue weighted by Gasteiger charge is -2.04. The number of halogens is 3. The van der Waals surface area contributed by atoms with Crippen LogP contribution < -0.4 is 0 Å². The summed E-state index contributed by atoms with van der Waals surface area (Å²) in [6, 6.07) is 0. The molecular weight excluding hydrogens is 200 g/mol. The van der Waals surface area contributed by atoms with Crippen molar-refractivity contribution in [1.82, 2.24) is 4.98 Å². The van der Waals surface area contributed by atoms with Crippen molar-refractivity contribution in [3.8, 4) is 0 Å². The van der Waals surface area contributed by atoms with Crippen LogP contribution in [0.25, 0.3) is 0 Å². The van der Waals surface area contributed by atoms with Gasteiger partial charge >= 0.3 is 0 Å². The maximum absolute atomic E-state index is 5.47. The Bertz CT molecular complexity index is 178. The van der Waals surface area contributed by atoms with Crippen molar-refractivity contribution < 1.29 is 0 Å². The first-order valence-electron chi connectivity index (χ1n) is 2.06. The highest BCUT2D eigenvalue weighted by molar-refractivity contribution is 7.07. The Morgan fingerprint density at radius 2 is 2.11 bits per heavy atom. The molecule has 5 heteroatoms. The molecule has 0 atom stereocenters. The molecule has 0 saturated carbocycles. The summed E-state index contributed by atoms with van der Waals surface area (Å²) in [5, 5.41) is 1.70. The van der Waals surface area contributed by atoms with E-state index < -0.39 is 3.79 Å². The van der Waals surface area contributed by atoms with Crippen molar-refractivity contribution >= 4 is 46.1 Å². The van der Waals surface area contributed by atoms with Gasteiger partial charge in [-0.3, -0.25) is 0 Å². The van der Waals surface area contributed by atoms with Gasteiger partial charge in [-0.2, -0.15) is 0 Å². The molecule has 1 aromatic heterocycles. The van der Waals surface area contributed by atoms with Gasteiger partial charge in [0.05, 0.1) is 5.51 Å². The van der Waals surface area contributed by atoms with Crippen LogP contribution in [0.2, 0.25) is 0 Å². The normalized spacial score (nSPS) is 11.9. The Labute approximate surface area is 71.6 Å². The summed E-state index contributed by atoms with van der Waals surface area (Å²) >= 11 is 17.8. The fraction of sp³-hybridized carbons (Fsp3) is 0.250. The molecule has 0 saturated heterocycles. The number of rotatable bonds is 0. The lowest BCUT2D eigenvalue weighted by Crippen LogP contribution is -1.98. The fourth-order valence-corrected chi connectivity index (χ4v) is 1.46. The molecule has 0 bridgehead atoms. The molecule has 9 heavy (non-hydrogen) atoms. The number of thiazole rings is 1. The number of nitrogens with zero attached hydrogens (tertiary/aromatic N) is 1. The molecule has 0 fully saturated rings. The number of aromatic nitrogens is 1. The second kappa shape index (κ2) is 2.62. The highest BCUT2D eigenvalue weighted by Gasteiger charge is 2.24. The average Bonchev–Trinajstić information content (AvgIpc) is 2.08. The highest BCUT2D eigenvalue weighted by atomic mass is 35.6. The summed E-state index contributed by atoms with van der Waals surface area (Å²) in [7, 11) is 0. The third-order valence-corrected chi connectivity index (χ3v) is 1.89. The second-order valence-electron chi connectivity index (χ2n) is 1.37. The number of hydrogen-bond acceptors (Lipinski definition) is 2. The zero-order valence-electron chi connectivity index (χ0n) is 4.14. The van der Waals surface area contributed by atoms with E-state index in [2.05, 4.69) is 4.98 Å². The van der Waals surface area contributed by atoms with Crippen molar-refractivity contribution in [2.45, 2.75) is 3.79 Å². The first-order valence-corrected chi connectivity index (χ1v) is 4.14. The van der Waals surface area contributed by atoms with Crippen molar-refractivity contribution in [1.29, 1.82) is 0 Å². The molecule has 0 aliphatic heterocycles. The van der Waals surface area contributed by atoms with E-state index in [0.29, 0.717) is 5.69 Å². The minimum Gasteiger partial charge on any atom is -0.245 e. The van der Waals surface area contributed by atoms with Gasteiger partial charge in [0.25, 0.3) is 0 Å². The molecule has 0 aliphatic carbocycles. The van der Waals surface area contributed by atoms with Crippen LogP contribution in [0.15, 0.2) is 10.9 Å². The maximum Gasteiger partial charge on any atom is 0.233 e. The van der Waals surface area contributed by atoms with Gasteiger partial charge < -0.3 is 0 Å². The molecule has 50 valence electrons. The average molecular weight is 202 g/mol. The topological polar surface area (TPSA) is 12.9 Å². The van der Waals surface area contributed by atoms with Gasteiger partial charge in [0.2, 0.25) is 3.79 Å². The molecule has 0 aromatic carbocycles. The molecule has 0 N–H and O–H groups in total. The first kappa shape index (κ1) is 7.61. The SMILES string of the molecule is ClC(Cl)(Cl)c1cscn1. The van der Waals surface area contributed by atoms with Gasteiger partial charge in [0, 0.05) is 5.38 Å². The lowest BCUT2D eigenvalue weighted by atomic mass is 10.6. The highest BCUT2D eigenvalue weighted by Crippen LogP contribution is 2.37. The van der Waals surface area contributed by atoms with Crippen LogP contribution in [0, 0.1) is 0 Å². The quantitative estimate of drug-likeness (QED) is 0.590. The zero-order chi connectivity index (χ0) is 6.91. The molecule has 0 aliphatic rings. The van der Waals surface area contributed by atoms with Crippen molar-refractivity contribution in [2.24, 2.45) is 0 Å². The van der Waals surface area contributed by atoms with Gasteiger partial charge in [-0.1, -0.05) is 34.8 Å². The maximum atomic E-state index is 5.47. The van der Waals surface area contributed by atoms with Crippen LogP contribution >= 0.6 is 46.1 Å². The molecule has 0 spiro atoms. The standard InChI is InChI=1S/C4H2Cl3NS/c5-4(6,7)3-1-9-2-8-3/h1-2H. The van der Waals surface area contributed by atoms with Gasteiger partial charge in [-0.25, -0.2) is 4.98 Å². The first-order chi connectivity index (χ1) is 4.11. The lowest BCUT2D eigenvalue weighted by molar-refractivity contribution is 1.13. The van der Waals surface area contributed by atoms with E-state index in [4.69, 9.17) is 34.8 Å². The van der Waals surface area contributed by atoms with Crippen molar-refractivity contribution in [2.75, 3.05) is 0 Å². The molecule has 1 heterocycles. The Hall–Kier alpha value is 0.500. The predicted octanol–water partition coefficient (Wildman–Crippen LogP) is 2.97. The molecule has 0 unspecified atom stereocenters. The molecule has 1 nitrogen and oxygen atoms in total. The summed E-state index contributed by atoms with van der Waals surface area (Å²) in [5.41, 5.74) is 2.11. The van der Waals surface area contributed by atoms with E-state index in [1.165, 1.54) is 11.3 Å². The zero-order valence-corrected chi connectivity index (χ0v) is 7.23. The monoisotopic (exact) mass is 201 g/mol. The second-order valence-corrected chi connectivity index (χ2v) is 4.37. The predicted molar refractivity (Wildman–Crippen MR) is 41.4 cm³/mol. The van der Waals surface area contributed by atoms with Gasteiger partial charge in [0.15, 0.2) is 0 Å². The van der Waals surface area contributed by atoms with Crippen LogP contribution in [0.1, 0.15) is 5.69 Å². The smallest absolute Gasteiger partial charge is 0.233 e. The van der Waals surface area contributed by atoms with E-state index in [-0.39, 0.29) is 0 Å². The van der Waals surface area contributed by atoms with E-state index in [9.17, 15) is 0 Å². The van der Waals surface area contributed by atoms with Crippen molar-refractivity contribution in [3.05, 3.63) is 16.6 Å². The van der Waals surface area contributed by atoms with Crippen LogP contribution in [-0.4, -0.2) is 4.98 Å². The van der Waals surface area contributed by atoms with E-state index in [0.717, 1.165) is 0 Å². The summed E-state index contributed by atoms with van der Waals surface area (Å²) in [5.74, 6) is 0. The minimum atomic E-state index is -1.36. The van der Waals surface area contributed by atoms with Crippen molar-refractivity contribution in [3.63, 3.8) is 0 Å². The summed E-state index contributed by atoms with van der Waals surface area (Å²) < 4.78 is -1.36. The fourth-order valence-electron chi connectivity index (χ4n) is 0.353. The van der Waals surface area contributed by atoms with E-state index >= 15 is 0 Å². The Morgan fingerprint density at radius 1 is 1.44 bits per heavy atom. The summed E-state index contributed by atoms with van der Waals surface area (Å²) in [6.45, 7) is 0. The summed E-state index contributed by atoms with van der Waals surface area (Å²) in [6.07, 6.45) is 0. The third-order valence-electron chi connectivity index (χ3n) is 0.723. The Morgan fingerprint density at radius 3 is 2.33 bits per heavy atom. The Kier molecular flexibility index (Phi) is 2.22. The largest absolute Gasteiger partial charge is 0.245 e. The molecule has 1 aromatic rings. The Balaban J connectivity index is 2.90. The number of hydrogen-bond donors (Lipinski definition) is 0. The minimum absolute atomic E-state index is 0.484. The van der Waals surface area contributed by atoms with Gasteiger partial charge in [-0.05, 0) is 0 Å². The third kappa shape index (κ3) is 1.97. The molecule has 1 rings (SSSR count). The van der Waals surface area contributed by atoms with Crippen LogP contribution in [0.5, 0.6) is 0 Å². The van der Waals surface area contributed by atoms with Gasteiger partial charge in [-0.15, -0.1) is 11.3 Å². The van der Waals surface area contributed by atoms with E-state index in [1.807, 2.05) is 0 Å². The molecule has 0 amide bonds. The van der Waals surface area contributed by atoms with Crippen LogP contribution in [0.3, 0.4) is 0 Å². The van der Waals surface area contributed by atoms with Gasteiger partial charge in [0.1, 0.15) is 5.69 Å². The van der Waals surface area contributed by atoms with Crippen LogP contribution in [-0.2, 0) is 3.79 Å². The number of alkyl halides is 3. The van der Waals surface area contributed by atoms with Crippen LogP contribution in [0.4, 0.5) is 0 Å². The summed E-state index contributed by atoms with van der Waals surface area (Å²) in [4.78, 5) is 3.81. The van der Waals surface area contributed by atoms with E-state index in [1.54, 1.807) is 10.9 Å². The molecule has 0 radical (unpaired) electrons. The molecular formula is C4H2Cl3NS.